The first-order chi connectivity index (χ1) is 11.6. The molecule has 5 nitrogen and oxygen atoms in total. The fraction of sp³-hybridized carbons (Fsp3) is 0.842. The highest BCUT2D eigenvalue weighted by Gasteiger charge is 2.71. The molecule has 0 N–H and O–H groups in total. The summed E-state index contributed by atoms with van der Waals surface area (Å²) in [7, 11) is -2.07. The molecule has 4 rings (SSSR count). The Morgan fingerprint density at radius 2 is 1.96 bits per heavy atom. The van der Waals surface area contributed by atoms with Gasteiger partial charge in [0.25, 0.3) is 0 Å². The van der Waals surface area contributed by atoms with Crippen LogP contribution in [0, 0.1) is 0 Å². The minimum atomic E-state index is -2.07. The van der Waals surface area contributed by atoms with Crippen molar-refractivity contribution in [3.05, 3.63) is 12.3 Å². The number of nitrogens with zero attached hydrogens (tertiary/aromatic N) is 1. The zero-order valence-corrected chi connectivity index (χ0v) is 17.1. The van der Waals surface area contributed by atoms with Crippen LogP contribution in [0.4, 0.5) is 0 Å². The zero-order chi connectivity index (χ0) is 18.1. The molecule has 1 spiro atoms. The minimum absolute atomic E-state index is 0.0183. The lowest BCUT2D eigenvalue weighted by atomic mass is 9.75. The second-order valence-electron chi connectivity index (χ2n) is 9.55. The highest BCUT2D eigenvalue weighted by Crippen LogP contribution is 2.58. The van der Waals surface area contributed by atoms with Gasteiger partial charge in [-0.2, -0.15) is 0 Å². The Balaban J connectivity index is 1.81. The first-order valence-electron chi connectivity index (χ1n) is 9.57. The maximum atomic E-state index is 12.3. The van der Waals surface area contributed by atoms with Crippen molar-refractivity contribution >= 4 is 14.1 Å². The van der Waals surface area contributed by atoms with Crippen molar-refractivity contribution in [3.63, 3.8) is 0 Å². The van der Waals surface area contributed by atoms with Gasteiger partial charge in [0.05, 0.1) is 19.3 Å². The predicted octanol–water partition coefficient (Wildman–Crippen LogP) is 3.21. The van der Waals surface area contributed by atoms with E-state index in [2.05, 4.69) is 38.8 Å². The summed E-state index contributed by atoms with van der Waals surface area (Å²) >= 11 is 0. The van der Waals surface area contributed by atoms with Gasteiger partial charge in [-0.15, -0.1) is 0 Å². The van der Waals surface area contributed by atoms with E-state index in [1.54, 1.807) is 6.08 Å². The Hall–Kier alpha value is -0.693. The lowest BCUT2D eigenvalue weighted by Gasteiger charge is -2.54. The molecule has 1 aliphatic carbocycles. The molecule has 0 amide bonds. The van der Waals surface area contributed by atoms with Crippen LogP contribution in [-0.4, -0.2) is 55.7 Å². The molecule has 3 fully saturated rings. The van der Waals surface area contributed by atoms with Crippen molar-refractivity contribution in [1.82, 2.24) is 4.90 Å². The molecule has 3 heterocycles. The van der Waals surface area contributed by atoms with E-state index in [1.807, 2.05) is 6.20 Å². The number of rotatable bonds is 2. The van der Waals surface area contributed by atoms with Gasteiger partial charge in [-0.3, -0.25) is 4.79 Å². The molecule has 140 valence electrons. The van der Waals surface area contributed by atoms with Crippen LogP contribution in [-0.2, 0) is 18.7 Å². The molecule has 4 aliphatic rings. The Morgan fingerprint density at radius 1 is 1.28 bits per heavy atom. The molecule has 3 atom stereocenters. The number of ketones is 1. The zero-order valence-electron chi connectivity index (χ0n) is 16.1. The lowest BCUT2D eigenvalue weighted by Crippen LogP contribution is -2.67. The Morgan fingerprint density at radius 3 is 2.60 bits per heavy atom. The van der Waals surface area contributed by atoms with E-state index in [0.29, 0.717) is 25.7 Å². The molecule has 0 aromatic carbocycles. The molecule has 3 aliphatic heterocycles. The van der Waals surface area contributed by atoms with Crippen LogP contribution in [0.1, 0.15) is 46.5 Å². The van der Waals surface area contributed by atoms with Gasteiger partial charge in [0.1, 0.15) is 5.60 Å². The average Bonchev–Trinajstić information content (AvgIpc) is 3.06. The van der Waals surface area contributed by atoms with Crippen LogP contribution >= 0.6 is 0 Å². The Labute approximate surface area is 151 Å². The maximum Gasteiger partial charge on any atom is 0.198 e. The van der Waals surface area contributed by atoms with Crippen LogP contribution in [0.25, 0.3) is 0 Å². The molecule has 25 heavy (non-hydrogen) atoms. The van der Waals surface area contributed by atoms with Gasteiger partial charge >= 0.3 is 0 Å². The number of hydrogen-bond donors (Lipinski definition) is 0. The third kappa shape index (κ3) is 2.41. The van der Waals surface area contributed by atoms with Crippen LogP contribution in [0.2, 0.25) is 18.1 Å². The molecule has 0 aromatic heterocycles. The molecule has 3 unspecified atom stereocenters. The van der Waals surface area contributed by atoms with Gasteiger partial charge in [0.2, 0.25) is 0 Å². The number of fused-ring (bicyclic) bond motifs is 6. The van der Waals surface area contributed by atoms with E-state index in [0.717, 1.165) is 19.3 Å². The summed E-state index contributed by atoms with van der Waals surface area (Å²) in [6.07, 6.45) is 6.98. The molecule has 2 bridgehead atoms. The highest BCUT2D eigenvalue weighted by atomic mass is 28.4. The van der Waals surface area contributed by atoms with Crippen molar-refractivity contribution in [3.8, 4) is 0 Å². The van der Waals surface area contributed by atoms with Crippen LogP contribution in [0.5, 0.6) is 0 Å². The van der Waals surface area contributed by atoms with Crippen molar-refractivity contribution in [1.29, 1.82) is 0 Å². The van der Waals surface area contributed by atoms with E-state index in [1.165, 1.54) is 0 Å². The molecular weight excluding hydrogens is 334 g/mol. The normalized spacial score (nSPS) is 37.0. The van der Waals surface area contributed by atoms with E-state index in [4.69, 9.17) is 13.9 Å². The van der Waals surface area contributed by atoms with Crippen molar-refractivity contribution in [2.75, 3.05) is 13.2 Å². The molecular formula is C19H31NO4Si. The fourth-order valence-corrected chi connectivity index (χ4v) is 6.47. The smallest absolute Gasteiger partial charge is 0.198 e. The van der Waals surface area contributed by atoms with E-state index in [-0.39, 0.29) is 16.9 Å². The average molecular weight is 366 g/mol. The van der Waals surface area contributed by atoms with E-state index >= 15 is 0 Å². The second-order valence-corrected chi connectivity index (χ2v) is 14.3. The third-order valence-electron chi connectivity index (χ3n) is 7.13. The van der Waals surface area contributed by atoms with Gasteiger partial charge in [0.15, 0.2) is 19.9 Å². The van der Waals surface area contributed by atoms with Crippen LogP contribution < -0.4 is 0 Å². The third-order valence-corrected chi connectivity index (χ3v) is 11.6. The first kappa shape index (κ1) is 17.7. The lowest BCUT2D eigenvalue weighted by molar-refractivity contribution is -0.277. The highest BCUT2D eigenvalue weighted by molar-refractivity contribution is 6.74. The summed E-state index contributed by atoms with van der Waals surface area (Å²) in [5.74, 6) is -0.510. The summed E-state index contributed by atoms with van der Waals surface area (Å²) in [4.78, 5) is 14.6. The Bertz CT molecular complexity index is 605. The van der Waals surface area contributed by atoms with Gasteiger partial charge in [-0.25, -0.2) is 0 Å². The summed E-state index contributed by atoms with van der Waals surface area (Å²) in [5.41, 5.74) is -0.546. The summed E-state index contributed by atoms with van der Waals surface area (Å²) < 4.78 is 19.7. The second kappa shape index (κ2) is 5.41. The number of allylic oxidation sites excluding steroid dienone is 1. The first-order valence-corrected chi connectivity index (χ1v) is 12.5. The SMILES string of the molecule is CC(C)(C)[Si](C)(C)OC12CC(CCC13OCCO3)N1C=CC(=O)CC12. The molecule has 0 radical (unpaired) electrons. The standard InChI is InChI=1S/C19H31NO4Si/c1-17(2,3)25(4,5)24-18-13-14(6-8-19(18)22-10-11-23-19)20-9-7-15(21)12-16(18)20/h7,9,14,16H,6,8,10-13H2,1-5H3. The summed E-state index contributed by atoms with van der Waals surface area (Å²) in [6, 6.07) is 0.433. The van der Waals surface area contributed by atoms with Gasteiger partial charge in [-0.1, -0.05) is 20.8 Å². The predicted molar refractivity (Wildman–Crippen MR) is 97.7 cm³/mol. The largest absolute Gasteiger partial charge is 0.404 e. The van der Waals surface area contributed by atoms with Crippen LogP contribution in [0.15, 0.2) is 12.3 Å². The Kier molecular flexibility index (Phi) is 3.83. The number of hydrogen-bond acceptors (Lipinski definition) is 5. The number of carbonyl (C=O) groups excluding carboxylic acids is 1. The molecule has 1 saturated carbocycles. The van der Waals surface area contributed by atoms with E-state index < -0.39 is 19.7 Å². The van der Waals surface area contributed by atoms with Gasteiger partial charge in [-0.05, 0) is 30.6 Å². The van der Waals surface area contributed by atoms with Gasteiger partial charge < -0.3 is 18.8 Å². The van der Waals surface area contributed by atoms with Gasteiger partial charge in [0, 0.05) is 31.5 Å². The quantitative estimate of drug-likeness (QED) is 0.703. The monoisotopic (exact) mass is 365 g/mol. The number of carbonyl (C=O) groups is 1. The minimum Gasteiger partial charge on any atom is -0.404 e. The summed E-state index contributed by atoms with van der Waals surface area (Å²) in [5, 5.41) is 0.0937. The summed E-state index contributed by atoms with van der Waals surface area (Å²) in [6.45, 7) is 12.6. The maximum absolute atomic E-state index is 12.3. The van der Waals surface area contributed by atoms with Crippen molar-refractivity contribution in [2.45, 2.75) is 88.1 Å². The molecule has 0 aromatic rings. The fourth-order valence-electron chi connectivity index (χ4n) is 4.88. The van der Waals surface area contributed by atoms with Crippen molar-refractivity contribution < 1.29 is 18.7 Å². The van der Waals surface area contributed by atoms with Crippen molar-refractivity contribution in [2.24, 2.45) is 0 Å². The van der Waals surface area contributed by atoms with Crippen LogP contribution in [0.3, 0.4) is 0 Å². The molecule has 2 saturated heterocycles. The molecule has 6 heteroatoms. The topological polar surface area (TPSA) is 48.0 Å². The number of ether oxygens (including phenoxy) is 2. The van der Waals surface area contributed by atoms with E-state index in [9.17, 15) is 4.79 Å².